The molecule has 2 aromatic carbocycles. The Kier molecular flexibility index (Phi) is 11.0. The Balaban J connectivity index is 1.69. The molecule has 12 nitrogen and oxygen atoms in total. The highest BCUT2D eigenvalue weighted by molar-refractivity contribution is 7.85. The molecule has 52 heavy (non-hydrogen) atoms. The van der Waals surface area contributed by atoms with Crippen molar-refractivity contribution in [3.63, 3.8) is 0 Å². The fourth-order valence-electron chi connectivity index (χ4n) is 6.22. The summed E-state index contributed by atoms with van der Waals surface area (Å²) in [5.74, 6) is -4.12. The molecule has 0 saturated carbocycles. The van der Waals surface area contributed by atoms with Gasteiger partial charge >= 0.3 is 6.18 Å². The van der Waals surface area contributed by atoms with Crippen LogP contribution in [0, 0.1) is 17.1 Å². The van der Waals surface area contributed by atoms with Crippen molar-refractivity contribution in [1.29, 1.82) is 5.26 Å². The van der Waals surface area contributed by atoms with E-state index in [0.717, 1.165) is 41.5 Å². The quantitative estimate of drug-likeness (QED) is 0.219. The monoisotopic (exact) mass is 742 g/mol. The summed E-state index contributed by atoms with van der Waals surface area (Å²) < 4.78 is 84.2. The predicted octanol–water partition coefficient (Wildman–Crippen LogP) is 4.73. The van der Waals surface area contributed by atoms with Gasteiger partial charge in [-0.2, -0.15) is 31.9 Å². The van der Waals surface area contributed by atoms with Crippen LogP contribution in [0.15, 0.2) is 72.8 Å². The van der Waals surface area contributed by atoms with E-state index >= 15 is 0 Å². The van der Waals surface area contributed by atoms with E-state index in [1.165, 1.54) is 28.8 Å². The number of fused-ring (bicyclic) bond motifs is 1. The molecule has 0 spiro atoms. The highest BCUT2D eigenvalue weighted by atomic mass is 32.2. The van der Waals surface area contributed by atoms with Crippen LogP contribution in [0.3, 0.4) is 0 Å². The molecular weight excluding hydrogens is 708 g/mol. The summed E-state index contributed by atoms with van der Waals surface area (Å²) in [4.78, 5) is 44.9. The van der Waals surface area contributed by atoms with E-state index in [4.69, 9.17) is 9.28 Å². The number of anilines is 1. The molecule has 0 saturated heterocycles. The molecule has 1 aromatic heterocycles. The number of amides is 3. The molecule has 1 aliphatic carbocycles. The molecular formula is C35H34F4N6O6S. The summed E-state index contributed by atoms with van der Waals surface area (Å²) in [7, 11) is -2.53. The van der Waals surface area contributed by atoms with Gasteiger partial charge in [0.1, 0.15) is 23.7 Å². The smallest absolute Gasteiger partial charge is 0.339 e. The minimum atomic E-state index is -4.75. The number of nitrogens with zero attached hydrogens (tertiary/aromatic N) is 5. The molecule has 2 unspecified atom stereocenters. The summed E-state index contributed by atoms with van der Waals surface area (Å²) in [6, 6.07) is 7.40. The maximum Gasteiger partial charge on any atom is 0.416 e. The molecule has 2 heterocycles. The Bertz CT molecular complexity index is 2070. The molecule has 2 aliphatic rings. The van der Waals surface area contributed by atoms with Gasteiger partial charge in [0, 0.05) is 37.1 Å². The zero-order chi connectivity index (χ0) is 38.0. The summed E-state index contributed by atoms with van der Waals surface area (Å²) >= 11 is 0. The van der Waals surface area contributed by atoms with E-state index in [0.29, 0.717) is 12.5 Å². The van der Waals surface area contributed by atoms with Gasteiger partial charge in [-0.3, -0.25) is 23.5 Å². The van der Waals surface area contributed by atoms with Crippen LogP contribution in [-0.4, -0.2) is 79.4 Å². The van der Waals surface area contributed by atoms with Crippen molar-refractivity contribution >= 4 is 33.7 Å². The zero-order valence-corrected chi connectivity index (χ0v) is 29.0. The molecule has 3 amide bonds. The van der Waals surface area contributed by atoms with Crippen LogP contribution in [-0.2, 0) is 25.3 Å². The molecule has 4 atom stereocenters. The largest absolute Gasteiger partial charge is 0.416 e. The number of carbonyl (C=O) groups excluding carboxylic acids is 3. The first-order valence-corrected chi connectivity index (χ1v) is 17.9. The summed E-state index contributed by atoms with van der Waals surface area (Å²) in [6.45, 7) is 1.27. The Labute approximate surface area is 297 Å². The number of nitrogens with one attached hydrogen (secondary N) is 1. The molecule has 0 bridgehead atoms. The van der Waals surface area contributed by atoms with E-state index in [1.54, 1.807) is 19.1 Å². The predicted molar refractivity (Wildman–Crippen MR) is 180 cm³/mol. The van der Waals surface area contributed by atoms with E-state index < -0.39 is 76.0 Å². The minimum absolute atomic E-state index is 0.0169. The number of alkyl halides is 3. The lowest BCUT2D eigenvalue weighted by Gasteiger charge is -2.39. The summed E-state index contributed by atoms with van der Waals surface area (Å²) in [5.41, 5.74) is -1.26. The van der Waals surface area contributed by atoms with Crippen molar-refractivity contribution < 1.29 is 44.5 Å². The highest BCUT2D eigenvalue weighted by Gasteiger charge is 2.48. The second-order valence-electron chi connectivity index (χ2n) is 12.2. The van der Waals surface area contributed by atoms with Gasteiger partial charge in [0.25, 0.3) is 27.8 Å². The number of carbonyl (C=O) groups is 3. The van der Waals surface area contributed by atoms with E-state index in [1.807, 2.05) is 18.2 Å². The Morgan fingerprint density at radius 1 is 1.17 bits per heavy atom. The maximum absolute atomic E-state index is 14.4. The fraction of sp³-hybridized carbons (Fsp3) is 0.343. The van der Waals surface area contributed by atoms with Crippen molar-refractivity contribution in [2.24, 2.45) is 0 Å². The molecule has 274 valence electrons. The van der Waals surface area contributed by atoms with Gasteiger partial charge in [0.2, 0.25) is 0 Å². The Hall–Kier alpha value is -5.34. The zero-order valence-electron chi connectivity index (χ0n) is 28.2. The topological polar surface area (TPSA) is 155 Å². The second-order valence-corrected chi connectivity index (χ2v) is 13.8. The number of likely N-dealkylation sites (N-methyl/N-ethyl adjacent to an activating group) is 1. The maximum atomic E-state index is 14.4. The third kappa shape index (κ3) is 7.92. The average Bonchev–Trinajstić information content (AvgIpc) is 3.50. The second kappa shape index (κ2) is 15.1. The fourth-order valence-corrected chi connectivity index (χ4v) is 6.62. The minimum Gasteiger partial charge on any atom is -0.339 e. The van der Waals surface area contributed by atoms with Crippen molar-refractivity contribution in [2.75, 3.05) is 31.4 Å². The summed E-state index contributed by atoms with van der Waals surface area (Å²) in [5, 5.41) is 17.3. The van der Waals surface area contributed by atoms with Crippen LogP contribution in [0.4, 0.5) is 23.4 Å². The third-order valence-electron chi connectivity index (χ3n) is 8.74. The lowest BCUT2D eigenvalue weighted by Crippen LogP contribution is -2.56. The molecule has 5 rings (SSSR count). The highest BCUT2D eigenvalue weighted by Crippen LogP contribution is 2.45. The van der Waals surface area contributed by atoms with Gasteiger partial charge < -0.3 is 10.2 Å². The number of hydrogen-bond acceptors (Lipinski definition) is 8. The van der Waals surface area contributed by atoms with Crippen LogP contribution in [0.25, 0.3) is 0 Å². The molecule has 1 aliphatic heterocycles. The number of rotatable bonds is 11. The number of hydrogen-bond donors (Lipinski definition) is 1. The van der Waals surface area contributed by atoms with Crippen LogP contribution < -0.4 is 10.2 Å². The average molecular weight is 743 g/mol. The van der Waals surface area contributed by atoms with E-state index in [2.05, 4.69) is 5.32 Å². The van der Waals surface area contributed by atoms with Crippen molar-refractivity contribution in [2.45, 2.75) is 50.0 Å². The van der Waals surface area contributed by atoms with E-state index in [9.17, 15) is 45.6 Å². The van der Waals surface area contributed by atoms with Crippen LogP contribution in [0.2, 0.25) is 0 Å². The first kappa shape index (κ1) is 37.9. The SMILES string of the molecule is CCN1C(=O)[C@@H](NC(=O)c2cccc(C(F)(F)F)c2)[C@@H](c2ccc(F)cc2)c2c(C(=O)N(C)C(C#N)CCOS(C)(=O)=O)nn(C3C=CC=CC3)c21. The van der Waals surface area contributed by atoms with Crippen molar-refractivity contribution in [3.8, 4) is 6.07 Å². The number of aromatic nitrogens is 2. The number of benzene rings is 2. The van der Waals surface area contributed by atoms with Gasteiger partial charge in [-0.25, -0.2) is 9.07 Å². The molecule has 0 radical (unpaired) electrons. The normalized spacial score (nSPS) is 19.2. The van der Waals surface area contributed by atoms with Gasteiger partial charge in [-0.1, -0.05) is 42.5 Å². The lowest BCUT2D eigenvalue weighted by atomic mass is 9.80. The molecule has 17 heteroatoms. The Morgan fingerprint density at radius 3 is 2.48 bits per heavy atom. The standard InChI is InChI=1S/C35H34F4N6O6S/c1-4-44-32-28(30(42-45(32)25-11-6-5-7-12-25)33(47)43(2)26(20-40)17-18-51-52(3,49)50)27(21-13-15-24(36)16-14-21)29(34(44)48)41-31(46)22-9-8-10-23(19-22)35(37,38)39/h5-11,13-16,19,25-27,29H,4,12,17-18H2,1-3H3,(H,41,46)/t25?,26?,27-,29-/m0/s1. The molecule has 1 N–H and O–H groups in total. The van der Waals surface area contributed by atoms with Crippen LogP contribution in [0.1, 0.15) is 69.3 Å². The van der Waals surface area contributed by atoms with Crippen molar-refractivity contribution in [1.82, 2.24) is 20.0 Å². The van der Waals surface area contributed by atoms with Gasteiger partial charge in [-0.15, -0.1) is 0 Å². The number of nitriles is 1. The first-order chi connectivity index (χ1) is 24.6. The van der Waals surface area contributed by atoms with Crippen LogP contribution in [0.5, 0.6) is 0 Å². The lowest BCUT2D eigenvalue weighted by molar-refractivity contribution is -0.137. The van der Waals surface area contributed by atoms with E-state index in [-0.39, 0.29) is 41.2 Å². The van der Waals surface area contributed by atoms with Gasteiger partial charge in [0.15, 0.2) is 5.69 Å². The Morgan fingerprint density at radius 2 is 1.88 bits per heavy atom. The van der Waals surface area contributed by atoms with Gasteiger partial charge in [0.05, 0.1) is 30.5 Å². The first-order valence-electron chi connectivity index (χ1n) is 16.1. The molecule has 3 aromatic rings. The van der Waals surface area contributed by atoms with Crippen LogP contribution >= 0.6 is 0 Å². The third-order valence-corrected chi connectivity index (χ3v) is 9.33. The number of halogens is 4. The van der Waals surface area contributed by atoms with Gasteiger partial charge in [-0.05, 0) is 49.2 Å². The van der Waals surface area contributed by atoms with Crippen molar-refractivity contribution in [3.05, 3.63) is 107 Å². The molecule has 0 fully saturated rings. The summed E-state index contributed by atoms with van der Waals surface area (Å²) in [6.07, 6.45) is 3.55. The number of allylic oxidation sites excluding steroid dienone is 4.